The number of piperidine rings is 1. The minimum atomic E-state index is -3.78. The van der Waals surface area contributed by atoms with Gasteiger partial charge >= 0.3 is 0 Å². The first-order valence-electron chi connectivity index (χ1n) is 11.7. The van der Waals surface area contributed by atoms with E-state index >= 15 is 0 Å². The molecule has 2 atom stereocenters. The molecule has 2 unspecified atom stereocenters. The lowest BCUT2D eigenvalue weighted by Gasteiger charge is -2.39. The van der Waals surface area contributed by atoms with Gasteiger partial charge in [-0.15, -0.1) is 0 Å². The van der Waals surface area contributed by atoms with Crippen molar-refractivity contribution in [3.63, 3.8) is 0 Å². The number of aryl methyl sites for hydroxylation is 1. The number of aliphatic hydroxyl groups is 1. The molecule has 3 heterocycles. The fraction of sp³-hybridized carbons (Fsp3) is 0.308. The summed E-state index contributed by atoms with van der Waals surface area (Å²) in [6.45, 7) is 3.37. The van der Waals surface area contributed by atoms with E-state index < -0.39 is 10.0 Å². The first-order valence-corrected chi connectivity index (χ1v) is 13.2. The molecule has 5 rings (SSSR count). The molecule has 0 aliphatic carbocycles. The lowest BCUT2D eigenvalue weighted by Crippen LogP contribution is -2.38. The molecular formula is C26H29N5O3S. The summed E-state index contributed by atoms with van der Waals surface area (Å²) in [5, 5.41) is 10.3. The third-order valence-corrected chi connectivity index (χ3v) is 8.52. The van der Waals surface area contributed by atoms with Gasteiger partial charge in [-0.2, -0.15) is 0 Å². The van der Waals surface area contributed by atoms with Crippen LogP contribution in [0.5, 0.6) is 0 Å². The lowest BCUT2D eigenvalue weighted by molar-refractivity contribution is 0.106. The molecule has 1 fully saturated rings. The van der Waals surface area contributed by atoms with Gasteiger partial charge in [0.2, 0.25) is 0 Å². The van der Waals surface area contributed by atoms with E-state index in [2.05, 4.69) is 20.9 Å². The van der Waals surface area contributed by atoms with Gasteiger partial charge < -0.3 is 10.8 Å². The first-order chi connectivity index (χ1) is 16.9. The van der Waals surface area contributed by atoms with Gasteiger partial charge in [-0.3, -0.25) is 4.90 Å². The second-order valence-corrected chi connectivity index (χ2v) is 10.9. The van der Waals surface area contributed by atoms with E-state index in [-0.39, 0.29) is 23.5 Å². The second-order valence-electron chi connectivity index (χ2n) is 9.09. The van der Waals surface area contributed by atoms with E-state index in [4.69, 9.17) is 5.73 Å². The SMILES string of the molecule is Cc1ccc(S(=O)(=O)n2ccc3c(C4CCN(CCO)C(c5cccc(N)c5)C4)ncnc32)cc1. The Kier molecular flexibility index (Phi) is 6.31. The summed E-state index contributed by atoms with van der Waals surface area (Å²) in [7, 11) is -3.78. The molecule has 182 valence electrons. The standard InChI is InChI=1S/C26H29N5O3S/c1-18-5-7-22(8-6-18)35(33,34)31-12-10-23-25(28-17-29-26(23)31)20-9-11-30(13-14-32)24(16-20)19-3-2-4-21(27)15-19/h2-8,10,12,15,17,20,24,32H,9,11,13-14,16,27H2,1H3. The maximum Gasteiger partial charge on any atom is 0.269 e. The molecule has 0 amide bonds. The van der Waals surface area contributed by atoms with Gasteiger partial charge in [-0.1, -0.05) is 29.8 Å². The summed E-state index contributed by atoms with van der Waals surface area (Å²) in [4.78, 5) is 11.5. The molecule has 0 bridgehead atoms. The third-order valence-electron chi connectivity index (χ3n) is 6.84. The molecule has 8 nitrogen and oxygen atoms in total. The Labute approximate surface area is 205 Å². The molecule has 0 radical (unpaired) electrons. The van der Waals surface area contributed by atoms with Crippen LogP contribution in [0.3, 0.4) is 0 Å². The van der Waals surface area contributed by atoms with E-state index in [0.717, 1.165) is 41.6 Å². The Balaban J connectivity index is 1.52. The number of fused-ring (bicyclic) bond motifs is 1. The fourth-order valence-electron chi connectivity index (χ4n) is 5.06. The molecule has 9 heteroatoms. The summed E-state index contributed by atoms with van der Waals surface area (Å²) in [6.07, 6.45) is 4.65. The van der Waals surface area contributed by atoms with E-state index in [0.29, 0.717) is 17.9 Å². The number of aliphatic hydroxyl groups excluding tert-OH is 1. The molecule has 35 heavy (non-hydrogen) atoms. The molecule has 0 spiro atoms. The van der Waals surface area contributed by atoms with Gasteiger partial charge in [0.05, 0.1) is 17.2 Å². The minimum Gasteiger partial charge on any atom is -0.399 e. The molecule has 1 saturated heterocycles. The number of hydrogen-bond donors (Lipinski definition) is 2. The average Bonchev–Trinajstić information content (AvgIpc) is 3.30. The lowest BCUT2D eigenvalue weighted by atomic mass is 9.84. The molecular weight excluding hydrogens is 462 g/mol. The Hall–Kier alpha value is -3.27. The van der Waals surface area contributed by atoms with Crippen LogP contribution in [0.15, 0.2) is 72.0 Å². The highest BCUT2D eigenvalue weighted by Crippen LogP contribution is 2.41. The van der Waals surface area contributed by atoms with Crippen molar-refractivity contribution in [3.8, 4) is 0 Å². The number of nitrogens with two attached hydrogens (primary N) is 1. The Morgan fingerprint density at radius 2 is 1.91 bits per heavy atom. The summed E-state index contributed by atoms with van der Waals surface area (Å²) in [6, 6.07) is 16.5. The summed E-state index contributed by atoms with van der Waals surface area (Å²) in [5.41, 5.74) is 10.1. The van der Waals surface area contributed by atoms with Crippen LogP contribution in [-0.2, 0) is 10.0 Å². The highest BCUT2D eigenvalue weighted by Gasteiger charge is 2.32. The largest absolute Gasteiger partial charge is 0.399 e. The number of β-amino-alcohol motifs (C(OH)–C–C–N with tert-alkyl or cyclic N) is 1. The summed E-state index contributed by atoms with van der Waals surface area (Å²) < 4.78 is 27.9. The first kappa shape index (κ1) is 23.5. The van der Waals surface area contributed by atoms with E-state index in [1.165, 1.54) is 10.3 Å². The number of aromatic nitrogens is 3. The molecule has 2 aromatic heterocycles. The van der Waals surface area contributed by atoms with Gasteiger partial charge in [0.1, 0.15) is 6.33 Å². The number of likely N-dealkylation sites (tertiary alicyclic amines) is 1. The van der Waals surface area contributed by atoms with Crippen molar-refractivity contribution in [2.45, 2.75) is 36.6 Å². The van der Waals surface area contributed by atoms with Crippen LogP contribution in [0.1, 0.15) is 41.6 Å². The number of rotatable bonds is 6. The smallest absolute Gasteiger partial charge is 0.269 e. The van der Waals surface area contributed by atoms with Crippen LogP contribution in [-0.4, -0.2) is 52.1 Å². The van der Waals surface area contributed by atoms with Crippen molar-refractivity contribution in [2.24, 2.45) is 0 Å². The molecule has 4 aromatic rings. The van der Waals surface area contributed by atoms with Crippen molar-refractivity contribution >= 4 is 26.7 Å². The van der Waals surface area contributed by atoms with E-state index in [9.17, 15) is 13.5 Å². The van der Waals surface area contributed by atoms with Crippen molar-refractivity contribution in [2.75, 3.05) is 25.4 Å². The van der Waals surface area contributed by atoms with Gasteiger partial charge in [0.25, 0.3) is 10.0 Å². The van der Waals surface area contributed by atoms with Gasteiger partial charge in [-0.25, -0.2) is 22.4 Å². The Bertz CT molecular complexity index is 1450. The molecule has 1 aliphatic rings. The maximum absolute atomic E-state index is 13.4. The van der Waals surface area contributed by atoms with E-state index in [1.807, 2.05) is 25.1 Å². The van der Waals surface area contributed by atoms with Crippen LogP contribution < -0.4 is 5.73 Å². The zero-order valence-electron chi connectivity index (χ0n) is 19.6. The predicted molar refractivity (Wildman–Crippen MR) is 136 cm³/mol. The van der Waals surface area contributed by atoms with Crippen molar-refractivity contribution < 1.29 is 13.5 Å². The van der Waals surface area contributed by atoms with Crippen molar-refractivity contribution in [1.29, 1.82) is 0 Å². The quantitative estimate of drug-likeness (QED) is 0.397. The maximum atomic E-state index is 13.4. The zero-order valence-corrected chi connectivity index (χ0v) is 20.4. The summed E-state index contributed by atoms with van der Waals surface area (Å²) in [5.74, 6) is 0.111. The number of anilines is 1. The third kappa shape index (κ3) is 4.42. The van der Waals surface area contributed by atoms with E-state index in [1.54, 1.807) is 36.5 Å². The van der Waals surface area contributed by atoms with Gasteiger partial charge in [-0.05, 0) is 62.2 Å². The van der Waals surface area contributed by atoms with Gasteiger partial charge in [0, 0.05) is 35.8 Å². The molecule has 0 saturated carbocycles. The molecule has 2 aromatic carbocycles. The molecule has 1 aliphatic heterocycles. The van der Waals surface area contributed by atoms with Crippen LogP contribution in [0.4, 0.5) is 5.69 Å². The number of benzene rings is 2. The normalized spacial score (nSPS) is 19.3. The fourth-order valence-corrected chi connectivity index (χ4v) is 6.36. The highest BCUT2D eigenvalue weighted by molar-refractivity contribution is 7.90. The molecule has 3 N–H and O–H groups in total. The van der Waals surface area contributed by atoms with Gasteiger partial charge in [0.15, 0.2) is 5.65 Å². The average molecular weight is 492 g/mol. The van der Waals surface area contributed by atoms with Crippen molar-refractivity contribution in [3.05, 3.63) is 83.9 Å². The van der Waals surface area contributed by atoms with Crippen LogP contribution >= 0.6 is 0 Å². The summed E-state index contributed by atoms with van der Waals surface area (Å²) >= 11 is 0. The number of hydrogen-bond acceptors (Lipinski definition) is 7. The van der Waals surface area contributed by atoms with Crippen LogP contribution in [0, 0.1) is 6.92 Å². The van der Waals surface area contributed by atoms with Crippen LogP contribution in [0.25, 0.3) is 11.0 Å². The van der Waals surface area contributed by atoms with Crippen LogP contribution in [0.2, 0.25) is 0 Å². The Morgan fingerprint density at radius 1 is 1.11 bits per heavy atom. The monoisotopic (exact) mass is 491 g/mol. The minimum absolute atomic E-state index is 0.0767. The van der Waals surface area contributed by atoms with Crippen molar-refractivity contribution in [1.82, 2.24) is 18.8 Å². The zero-order chi connectivity index (χ0) is 24.6. The number of nitrogens with zero attached hydrogens (tertiary/aromatic N) is 4. The highest BCUT2D eigenvalue weighted by atomic mass is 32.2. The predicted octanol–water partition coefficient (Wildman–Crippen LogP) is 3.47. The Morgan fingerprint density at radius 3 is 2.66 bits per heavy atom. The number of nitrogen functional groups attached to an aromatic ring is 1. The second kappa shape index (κ2) is 9.41. The topological polar surface area (TPSA) is 114 Å².